The number of rotatable bonds is 3. The van der Waals surface area contributed by atoms with Crippen LogP contribution in [-0.4, -0.2) is 24.0 Å². The summed E-state index contributed by atoms with van der Waals surface area (Å²) in [6.45, 7) is 6.53. The molecular weight excluding hydrogens is 288 g/mol. The second-order valence-corrected chi connectivity index (χ2v) is 6.45. The molecule has 1 saturated heterocycles. The molecule has 1 aliphatic heterocycles. The van der Waals surface area contributed by atoms with E-state index in [1.165, 1.54) is 24.9 Å². The van der Waals surface area contributed by atoms with E-state index in [-0.39, 0.29) is 0 Å². The van der Waals surface area contributed by atoms with E-state index < -0.39 is 0 Å². The van der Waals surface area contributed by atoms with Crippen LogP contribution in [-0.2, 0) is 0 Å². The summed E-state index contributed by atoms with van der Waals surface area (Å²) in [4.78, 5) is 2.58. The largest absolute Gasteiger partial charge is 0.329 e. The number of nitrogens with zero attached hydrogens (tertiary/aromatic N) is 1. The van der Waals surface area contributed by atoms with E-state index in [1.54, 1.807) is 0 Å². The number of benzene rings is 1. The van der Waals surface area contributed by atoms with Crippen LogP contribution in [0.2, 0.25) is 0 Å². The van der Waals surface area contributed by atoms with Crippen molar-refractivity contribution in [3.05, 3.63) is 34.3 Å². The van der Waals surface area contributed by atoms with E-state index in [4.69, 9.17) is 5.73 Å². The molecule has 0 amide bonds. The maximum atomic E-state index is 6.03. The standard InChI is InChI=1S/C15H23BrN2/c1-11-3-4-12(2)18(10-11)15(9-17)13-5-7-14(16)8-6-13/h5-8,11-12,15H,3-4,9-10,17H2,1-2H3. The van der Waals surface area contributed by atoms with Gasteiger partial charge in [0.1, 0.15) is 0 Å². The smallest absolute Gasteiger partial charge is 0.0473 e. The van der Waals surface area contributed by atoms with Gasteiger partial charge < -0.3 is 5.73 Å². The van der Waals surface area contributed by atoms with Crippen LogP contribution < -0.4 is 5.73 Å². The van der Waals surface area contributed by atoms with Gasteiger partial charge in [0.2, 0.25) is 0 Å². The molecule has 2 rings (SSSR count). The van der Waals surface area contributed by atoms with Gasteiger partial charge in [-0.1, -0.05) is 35.0 Å². The van der Waals surface area contributed by atoms with E-state index in [2.05, 4.69) is 58.9 Å². The van der Waals surface area contributed by atoms with Gasteiger partial charge >= 0.3 is 0 Å². The molecular formula is C15H23BrN2. The second-order valence-electron chi connectivity index (χ2n) is 5.53. The fourth-order valence-corrected chi connectivity index (χ4v) is 3.17. The fourth-order valence-electron chi connectivity index (χ4n) is 2.90. The predicted octanol–water partition coefficient (Wildman–Crippen LogP) is 3.57. The normalized spacial score (nSPS) is 27.1. The third-order valence-electron chi connectivity index (χ3n) is 4.04. The number of likely N-dealkylation sites (tertiary alicyclic amines) is 1. The minimum absolute atomic E-state index is 0.357. The summed E-state index contributed by atoms with van der Waals surface area (Å²) >= 11 is 3.49. The molecule has 1 heterocycles. The third-order valence-corrected chi connectivity index (χ3v) is 4.57. The summed E-state index contributed by atoms with van der Waals surface area (Å²) in [5, 5.41) is 0. The lowest BCUT2D eigenvalue weighted by Gasteiger charge is -2.42. The van der Waals surface area contributed by atoms with Crippen LogP contribution in [0.5, 0.6) is 0 Å². The predicted molar refractivity (Wildman–Crippen MR) is 80.5 cm³/mol. The Morgan fingerprint density at radius 1 is 1.28 bits per heavy atom. The number of halogens is 1. The maximum absolute atomic E-state index is 6.03. The Labute approximate surface area is 119 Å². The molecule has 0 aromatic heterocycles. The SMILES string of the molecule is CC1CCC(C)N(C(CN)c2ccc(Br)cc2)C1. The molecule has 2 nitrogen and oxygen atoms in total. The molecule has 1 fully saturated rings. The summed E-state index contributed by atoms with van der Waals surface area (Å²) in [6, 6.07) is 9.59. The molecule has 0 saturated carbocycles. The van der Waals surface area contributed by atoms with Gasteiger partial charge in [0.25, 0.3) is 0 Å². The van der Waals surface area contributed by atoms with Crippen molar-refractivity contribution in [3.8, 4) is 0 Å². The second kappa shape index (κ2) is 6.18. The average Bonchev–Trinajstić information content (AvgIpc) is 2.37. The van der Waals surface area contributed by atoms with Crippen molar-refractivity contribution in [2.75, 3.05) is 13.1 Å². The molecule has 0 radical (unpaired) electrons. The van der Waals surface area contributed by atoms with Crippen molar-refractivity contribution in [1.29, 1.82) is 0 Å². The van der Waals surface area contributed by atoms with Crippen LogP contribution in [0.15, 0.2) is 28.7 Å². The van der Waals surface area contributed by atoms with Crippen LogP contribution in [0.1, 0.15) is 38.3 Å². The highest BCUT2D eigenvalue weighted by Crippen LogP contribution is 2.30. The first-order chi connectivity index (χ1) is 8.61. The molecule has 2 N–H and O–H groups in total. The molecule has 0 bridgehead atoms. The highest BCUT2D eigenvalue weighted by molar-refractivity contribution is 9.10. The van der Waals surface area contributed by atoms with E-state index in [0.29, 0.717) is 18.6 Å². The van der Waals surface area contributed by atoms with Crippen LogP contribution in [0.25, 0.3) is 0 Å². The van der Waals surface area contributed by atoms with Crippen molar-refractivity contribution < 1.29 is 0 Å². The van der Waals surface area contributed by atoms with E-state index in [9.17, 15) is 0 Å². The maximum Gasteiger partial charge on any atom is 0.0473 e. The first kappa shape index (κ1) is 14.0. The van der Waals surface area contributed by atoms with Crippen LogP contribution >= 0.6 is 15.9 Å². The van der Waals surface area contributed by atoms with Crippen LogP contribution in [0.3, 0.4) is 0 Å². The molecule has 1 aromatic rings. The van der Waals surface area contributed by atoms with Crippen LogP contribution in [0.4, 0.5) is 0 Å². The summed E-state index contributed by atoms with van der Waals surface area (Å²) in [7, 11) is 0. The van der Waals surface area contributed by atoms with Crippen molar-refractivity contribution in [2.45, 2.75) is 38.8 Å². The lowest BCUT2D eigenvalue weighted by molar-refractivity contribution is 0.0798. The number of piperidine rings is 1. The lowest BCUT2D eigenvalue weighted by Crippen LogP contribution is -2.45. The minimum Gasteiger partial charge on any atom is -0.329 e. The van der Waals surface area contributed by atoms with E-state index in [1.807, 2.05) is 0 Å². The first-order valence-electron chi connectivity index (χ1n) is 6.83. The van der Waals surface area contributed by atoms with Gasteiger partial charge in [-0.05, 0) is 43.4 Å². The number of hydrogen-bond donors (Lipinski definition) is 1. The lowest BCUT2D eigenvalue weighted by atomic mass is 9.91. The fraction of sp³-hybridized carbons (Fsp3) is 0.600. The van der Waals surface area contributed by atoms with E-state index >= 15 is 0 Å². The Hall–Kier alpha value is -0.380. The molecule has 100 valence electrons. The van der Waals surface area contributed by atoms with Gasteiger partial charge in [-0.2, -0.15) is 0 Å². The Bertz CT molecular complexity index is 377. The molecule has 18 heavy (non-hydrogen) atoms. The van der Waals surface area contributed by atoms with Gasteiger partial charge in [-0.3, -0.25) is 4.90 Å². The van der Waals surface area contributed by atoms with Gasteiger partial charge in [-0.25, -0.2) is 0 Å². The summed E-state index contributed by atoms with van der Waals surface area (Å²) < 4.78 is 1.13. The molecule has 1 aliphatic rings. The van der Waals surface area contributed by atoms with Gasteiger partial charge in [0, 0.05) is 29.6 Å². The van der Waals surface area contributed by atoms with Crippen LogP contribution in [0, 0.1) is 5.92 Å². The number of hydrogen-bond acceptors (Lipinski definition) is 2. The summed E-state index contributed by atoms with van der Waals surface area (Å²) in [5.41, 5.74) is 7.36. The minimum atomic E-state index is 0.357. The van der Waals surface area contributed by atoms with Gasteiger partial charge in [-0.15, -0.1) is 0 Å². The van der Waals surface area contributed by atoms with E-state index in [0.717, 1.165) is 10.4 Å². The number of nitrogens with two attached hydrogens (primary N) is 1. The molecule has 3 unspecified atom stereocenters. The topological polar surface area (TPSA) is 29.3 Å². The van der Waals surface area contributed by atoms with Gasteiger partial charge in [0.05, 0.1) is 0 Å². The summed E-state index contributed by atoms with van der Waals surface area (Å²) in [5.74, 6) is 0.783. The van der Waals surface area contributed by atoms with Crippen molar-refractivity contribution in [2.24, 2.45) is 11.7 Å². The highest BCUT2D eigenvalue weighted by Gasteiger charge is 2.29. The zero-order chi connectivity index (χ0) is 13.1. The quantitative estimate of drug-likeness (QED) is 0.924. The zero-order valence-corrected chi connectivity index (χ0v) is 12.9. The first-order valence-corrected chi connectivity index (χ1v) is 7.62. The molecule has 3 heteroatoms. The van der Waals surface area contributed by atoms with Crippen molar-refractivity contribution >= 4 is 15.9 Å². The molecule has 0 aliphatic carbocycles. The van der Waals surface area contributed by atoms with Crippen molar-refractivity contribution in [1.82, 2.24) is 4.90 Å². The average molecular weight is 311 g/mol. The highest BCUT2D eigenvalue weighted by atomic mass is 79.9. The molecule has 1 aromatic carbocycles. The molecule has 0 spiro atoms. The Balaban J connectivity index is 2.19. The Morgan fingerprint density at radius 3 is 2.56 bits per heavy atom. The Kier molecular flexibility index (Phi) is 4.82. The Morgan fingerprint density at radius 2 is 1.94 bits per heavy atom. The monoisotopic (exact) mass is 310 g/mol. The van der Waals surface area contributed by atoms with Gasteiger partial charge in [0.15, 0.2) is 0 Å². The molecule has 3 atom stereocenters. The summed E-state index contributed by atoms with van der Waals surface area (Å²) in [6.07, 6.45) is 2.63. The zero-order valence-electron chi connectivity index (χ0n) is 11.3. The van der Waals surface area contributed by atoms with Crippen molar-refractivity contribution in [3.63, 3.8) is 0 Å². The third kappa shape index (κ3) is 3.14.